The van der Waals surface area contributed by atoms with Gasteiger partial charge in [-0.1, -0.05) is 0 Å². The average Bonchev–Trinajstić information content (AvgIpc) is 2.75. The quantitative estimate of drug-likeness (QED) is 0.786. The summed E-state index contributed by atoms with van der Waals surface area (Å²) in [5.41, 5.74) is 0.692. The third-order valence-corrected chi connectivity index (χ3v) is 5.28. The Morgan fingerprint density at radius 2 is 1.41 bits per heavy atom. The number of carbonyl (C=O) groups is 1. The molecule has 0 aromatic carbocycles. The van der Waals surface area contributed by atoms with Gasteiger partial charge >= 0.3 is 0 Å². The molecule has 0 unspecified atom stereocenters. The van der Waals surface area contributed by atoms with Crippen LogP contribution in [0.15, 0.2) is 36.9 Å². The van der Waals surface area contributed by atoms with E-state index in [4.69, 9.17) is 0 Å². The largest absolute Gasteiger partial charge is 0.354 e. The molecule has 0 spiro atoms. The van der Waals surface area contributed by atoms with Crippen molar-refractivity contribution in [3.8, 4) is 0 Å². The van der Waals surface area contributed by atoms with E-state index in [1.54, 1.807) is 30.9 Å². The van der Waals surface area contributed by atoms with Crippen LogP contribution >= 0.6 is 0 Å². The van der Waals surface area contributed by atoms with E-state index in [9.17, 15) is 4.79 Å². The van der Waals surface area contributed by atoms with Crippen LogP contribution in [-0.2, 0) is 0 Å². The van der Waals surface area contributed by atoms with Crippen molar-refractivity contribution < 1.29 is 4.79 Å². The van der Waals surface area contributed by atoms with Crippen LogP contribution in [0.2, 0.25) is 0 Å². The SMILES string of the molecule is CN1CCN(c2cc(N3CCN(C(=O)c4ccncc4)CC3)ncn2)CC1. The number of piperazine rings is 2. The van der Waals surface area contributed by atoms with Gasteiger partial charge in [0.25, 0.3) is 5.91 Å². The lowest BCUT2D eigenvalue weighted by Crippen LogP contribution is -2.49. The lowest BCUT2D eigenvalue weighted by molar-refractivity contribution is 0.0746. The maximum Gasteiger partial charge on any atom is 0.254 e. The summed E-state index contributed by atoms with van der Waals surface area (Å²) in [4.78, 5) is 34.3. The molecule has 2 aromatic rings. The fourth-order valence-corrected chi connectivity index (χ4v) is 3.53. The number of pyridine rings is 1. The van der Waals surface area contributed by atoms with Crippen molar-refractivity contribution in [2.45, 2.75) is 0 Å². The van der Waals surface area contributed by atoms with E-state index >= 15 is 0 Å². The molecule has 0 N–H and O–H groups in total. The molecule has 0 saturated carbocycles. The zero-order valence-corrected chi connectivity index (χ0v) is 15.7. The Morgan fingerprint density at radius 1 is 0.852 bits per heavy atom. The second-order valence-electron chi connectivity index (χ2n) is 7.04. The first-order chi connectivity index (χ1) is 13.2. The average molecular weight is 367 g/mol. The van der Waals surface area contributed by atoms with E-state index < -0.39 is 0 Å². The molecule has 4 rings (SSSR count). The number of aromatic nitrogens is 3. The molecular formula is C19H25N7O. The Bertz CT molecular complexity index is 769. The smallest absolute Gasteiger partial charge is 0.254 e. The number of anilines is 2. The van der Waals surface area contributed by atoms with Gasteiger partial charge in [-0.3, -0.25) is 9.78 Å². The number of carbonyl (C=O) groups excluding carboxylic acids is 1. The van der Waals surface area contributed by atoms with Crippen LogP contribution in [0.3, 0.4) is 0 Å². The van der Waals surface area contributed by atoms with Gasteiger partial charge in [0.05, 0.1) is 0 Å². The molecule has 0 atom stereocenters. The Kier molecular flexibility index (Phi) is 5.15. The number of amides is 1. The summed E-state index contributed by atoms with van der Waals surface area (Å²) >= 11 is 0. The maximum atomic E-state index is 12.6. The zero-order chi connectivity index (χ0) is 18.6. The molecule has 2 fully saturated rings. The molecule has 2 aliphatic heterocycles. The van der Waals surface area contributed by atoms with Gasteiger partial charge in [-0.25, -0.2) is 9.97 Å². The van der Waals surface area contributed by atoms with Crippen LogP contribution in [0.25, 0.3) is 0 Å². The highest BCUT2D eigenvalue weighted by molar-refractivity contribution is 5.94. The van der Waals surface area contributed by atoms with Crippen molar-refractivity contribution in [3.63, 3.8) is 0 Å². The molecule has 1 amide bonds. The van der Waals surface area contributed by atoms with Gasteiger partial charge in [-0.2, -0.15) is 0 Å². The van der Waals surface area contributed by atoms with E-state index in [0.717, 1.165) is 50.9 Å². The van der Waals surface area contributed by atoms with Crippen molar-refractivity contribution in [1.82, 2.24) is 24.8 Å². The van der Waals surface area contributed by atoms with Gasteiger partial charge in [-0.15, -0.1) is 0 Å². The first-order valence-electron chi connectivity index (χ1n) is 9.40. The molecule has 142 valence electrons. The fourth-order valence-electron chi connectivity index (χ4n) is 3.53. The van der Waals surface area contributed by atoms with Crippen molar-refractivity contribution in [1.29, 1.82) is 0 Å². The van der Waals surface area contributed by atoms with E-state index in [0.29, 0.717) is 18.7 Å². The molecular weight excluding hydrogens is 342 g/mol. The van der Waals surface area contributed by atoms with Crippen LogP contribution in [0.5, 0.6) is 0 Å². The van der Waals surface area contributed by atoms with Crippen LogP contribution in [0, 0.1) is 0 Å². The van der Waals surface area contributed by atoms with E-state index in [2.05, 4.69) is 42.8 Å². The van der Waals surface area contributed by atoms with Gasteiger partial charge in [0.1, 0.15) is 18.0 Å². The van der Waals surface area contributed by atoms with Crippen LogP contribution in [0.1, 0.15) is 10.4 Å². The molecule has 0 bridgehead atoms. The number of hydrogen-bond acceptors (Lipinski definition) is 7. The fraction of sp³-hybridized carbons (Fsp3) is 0.474. The normalized spacial score (nSPS) is 18.6. The Hall–Kier alpha value is -2.74. The summed E-state index contributed by atoms with van der Waals surface area (Å²) < 4.78 is 0. The lowest BCUT2D eigenvalue weighted by Gasteiger charge is -2.36. The molecule has 2 saturated heterocycles. The molecule has 8 heteroatoms. The van der Waals surface area contributed by atoms with E-state index in [-0.39, 0.29) is 5.91 Å². The van der Waals surface area contributed by atoms with Crippen molar-refractivity contribution in [3.05, 3.63) is 42.5 Å². The summed E-state index contributed by atoms with van der Waals surface area (Å²) in [6.45, 7) is 7.00. The van der Waals surface area contributed by atoms with Crippen LogP contribution in [0.4, 0.5) is 11.6 Å². The summed E-state index contributed by atoms with van der Waals surface area (Å²) in [5.74, 6) is 2.00. The summed E-state index contributed by atoms with van der Waals surface area (Å²) in [7, 11) is 2.15. The van der Waals surface area contributed by atoms with Gasteiger partial charge in [0.15, 0.2) is 0 Å². The topological polar surface area (TPSA) is 68.7 Å². The number of likely N-dealkylation sites (N-methyl/N-ethyl adjacent to an activating group) is 1. The highest BCUT2D eigenvalue weighted by atomic mass is 16.2. The monoisotopic (exact) mass is 367 g/mol. The van der Waals surface area contributed by atoms with Crippen LogP contribution < -0.4 is 9.80 Å². The van der Waals surface area contributed by atoms with Gasteiger partial charge in [0, 0.05) is 76.4 Å². The minimum Gasteiger partial charge on any atom is -0.354 e. The first-order valence-corrected chi connectivity index (χ1v) is 9.40. The van der Waals surface area contributed by atoms with Gasteiger partial charge in [0.2, 0.25) is 0 Å². The minimum atomic E-state index is 0.0675. The standard InChI is InChI=1S/C19H25N7O/c1-23-6-8-24(9-7-23)17-14-18(22-15-21-17)25-10-12-26(13-11-25)19(27)16-2-4-20-5-3-16/h2-5,14-15H,6-13H2,1H3. The number of nitrogens with zero attached hydrogens (tertiary/aromatic N) is 7. The number of rotatable bonds is 3. The second kappa shape index (κ2) is 7.87. The molecule has 27 heavy (non-hydrogen) atoms. The highest BCUT2D eigenvalue weighted by Gasteiger charge is 2.24. The van der Waals surface area contributed by atoms with Crippen molar-refractivity contribution in [2.75, 3.05) is 69.2 Å². The first kappa shape index (κ1) is 17.7. The Morgan fingerprint density at radius 3 is 2.00 bits per heavy atom. The second-order valence-corrected chi connectivity index (χ2v) is 7.04. The van der Waals surface area contributed by atoms with Gasteiger partial charge < -0.3 is 19.6 Å². The van der Waals surface area contributed by atoms with Crippen molar-refractivity contribution >= 4 is 17.5 Å². The molecule has 4 heterocycles. The molecule has 0 aliphatic carbocycles. The Balaban J connectivity index is 1.38. The minimum absolute atomic E-state index is 0.0675. The van der Waals surface area contributed by atoms with Gasteiger partial charge in [-0.05, 0) is 19.2 Å². The lowest BCUT2D eigenvalue weighted by atomic mass is 10.2. The summed E-state index contributed by atoms with van der Waals surface area (Å²) in [6, 6.07) is 5.61. The number of hydrogen-bond donors (Lipinski definition) is 0. The van der Waals surface area contributed by atoms with Crippen molar-refractivity contribution in [2.24, 2.45) is 0 Å². The molecule has 8 nitrogen and oxygen atoms in total. The van der Waals surface area contributed by atoms with E-state index in [1.807, 2.05) is 4.90 Å². The zero-order valence-electron chi connectivity index (χ0n) is 15.7. The third kappa shape index (κ3) is 4.00. The molecule has 2 aromatic heterocycles. The predicted molar refractivity (Wildman–Crippen MR) is 104 cm³/mol. The third-order valence-electron chi connectivity index (χ3n) is 5.28. The highest BCUT2D eigenvalue weighted by Crippen LogP contribution is 2.20. The Labute approximate surface area is 159 Å². The summed E-state index contributed by atoms with van der Waals surface area (Å²) in [5, 5.41) is 0. The summed E-state index contributed by atoms with van der Waals surface area (Å²) in [6.07, 6.45) is 4.96. The molecule has 2 aliphatic rings. The maximum absolute atomic E-state index is 12.6. The predicted octanol–water partition coefficient (Wildman–Crippen LogP) is 0.586. The van der Waals surface area contributed by atoms with E-state index in [1.165, 1.54) is 0 Å². The molecule has 0 radical (unpaired) electrons. The van der Waals surface area contributed by atoms with Crippen LogP contribution in [-0.4, -0.2) is 90.1 Å².